The van der Waals surface area contributed by atoms with Crippen LogP contribution >= 0.6 is 0 Å². The van der Waals surface area contributed by atoms with Crippen LogP contribution in [0, 0.1) is 12.3 Å². The number of ether oxygens (including phenoxy) is 5. The van der Waals surface area contributed by atoms with Gasteiger partial charge in [0, 0.05) is 17.7 Å². The smallest absolute Gasteiger partial charge is 0.187 e. The van der Waals surface area contributed by atoms with Gasteiger partial charge in [-0.3, -0.25) is 0 Å². The molecule has 0 radical (unpaired) electrons. The van der Waals surface area contributed by atoms with Gasteiger partial charge in [-0.15, -0.1) is 6.42 Å². The van der Waals surface area contributed by atoms with E-state index in [1.54, 1.807) is 12.1 Å². The van der Waals surface area contributed by atoms with Gasteiger partial charge in [0.25, 0.3) is 0 Å². The first-order chi connectivity index (χ1) is 12.5. The van der Waals surface area contributed by atoms with Crippen molar-refractivity contribution in [2.45, 2.75) is 56.9 Å². The average Bonchev–Trinajstić information content (AvgIpc) is 2.95. The Morgan fingerprint density at radius 1 is 1.31 bits per heavy atom. The number of terminal acetylenes is 1. The number of benzene rings is 1. The normalized spacial score (nSPS) is 32.3. The molecule has 2 aliphatic heterocycles. The number of rotatable bonds is 5. The second-order valence-electron chi connectivity index (χ2n) is 6.49. The van der Waals surface area contributed by atoms with E-state index < -0.39 is 36.5 Å². The summed E-state index contributed by atoms with van der Waals surface area (Å²) in [5.74, 6) is 1.79. The van der Waals surface area contributed by atoms with Gasteiger partial charge in [-0.25, -0.2) is 0 Å². The van der Waals surface area contributed by atoms with E-state index in [1.807, 2.05) is 26.0 Å². The van der Waals surface area contributed by atoms with E-state index in [0.717, 1.165) is 5.56 Å². The molecule has 0 saturated carbocycles. The zero-order chi connectivity index (χ0) is 18.7. The molecule has 2 heterocycles. The summed E-state index contributed by atoms with van der Waals surface area (Å²) >= 11 is 0. The lowest BCUT2D eigenvalue weighted by molar-refractivity contribution is -0.262. The van der Waals surface area contributed by atoms with Crippen LogP contribution in [-0.2, 0) is 30.3 Å². The highest BCUT2D eigenvalue weighted by Crippen LogP contribution is 2.39. The maximum absolute atomic E-state index is 8.70. The van der Waals surface area contributed by atoms with Crippen LogP contribution in [0.5, 0.6) is 0 Å². The maximum atomic E-state index is 8.70. The maximum Gasteiger partial charge on any atom is 0.187 e. The van der Waals surface area contributed by atoms with Gasteiger partial charge in [0.1, 0.15) is 24.4 Å². The summed E-state index contributed by atoms with van der Waals surface area (Å²) < 4.78 is 29.1. The summed E-state index contributed by atoms with van der Waals surface area (Å²) in [4.78, 5) is 2.84. The second-order valence-corrected chi connectivity index (χ2v) is 6.49. The zero-order valence-electron chi connectivity index (χ0n) is 14.9. The van der Waals surface area contributed by atoms with Gasteiger partial charge < -0.3 is 23.7 Å². The van der Waals surface area contributed by atoms with E-state index in [4.69, 9.17) is 35.6 Å². The molecule has 5 atom stereocenters. The van der Waals surface area contributed by atoms with Gasteiger partial charge in [-0.2, -0.15) is 0 Å². The van der Waals surface area contributed by atoms with E-state index in [2.05, 4.69) is 15.9 Å². The summed E-state index contributed by atoms with van der Waals surface area (Å²) in [6, 6.07) is 7.17. The Labute approximate surface area is 151 Å². The van der Waals surface area contributed by atoms with Gasteiger partial charge in [-0.1, -0.05) is 35.3 Å². The van der Waals surface area contributed by atoms with Crippen LogP contribution in [0.25, 0.3) is 10.4 Å². The highest BCUT2D eigenvalue weighted by molar-refractivity contribution is 5.45. The Hall–Kier alpha value is -2.11. The molecule has 0 aromatic heterocycles. The molecule has 3 rings (SSSR count). The molecule has 0 bridgehead atoms. The standard InChI is InChI=1S/C18H21N3O5/c1-5-13-14(23-10-11-8-6-7-9-12(11)20-21-19)15-16(17(22-4)24-13)26-18(2,3)25-15/h1,6-9,13-17H,10H2,2-4H3/t13-,14-,15+,16+,17+/m1/s1. The number of hydrogen-bond acceptors (Lipinski definition) is 6. The van der Waals surface area contributed by atoms with Crippen molar-refractivity contribution in [2.75, 3.05) is 7.11 Å². The van der Waals surface area contributed by atoms with Crippen LogP contribution in [0.4, 0.5) is 5.69 Å². The van der Waals surface area contributed by atoms with Gasteiger partial charge in [0.15, 0.2) is 12.1 Å². The van der Waals surface area contributed by atoms with Crippen LogP contribution in [0.1, 0.15) is 19.4 Å². The van der Waals surface area contributed by atoms with Crippen molar-refractivity contribution >= 4 is 5.69 Å². The molecule has 1 aromatic rings. The lowest BCUT2D eigenvalue weighted by Gasteiger charge is -2.39. The number of nitrogens with zero attached hydrogens (tertiary/aromatic N) is 3. The number of hydrogen-bond donors (Lipinski definition) is 0. The fourth-order valence-corrected chi connectivity index (χ4v) is 3.22. The lowest BCUT2D eigenvalue weighted by Crippen LogP contribution is -2.57. The predicted octanol–water partition coefficient (Wildman–Crippen LogP) is 3.04. The molecule has 0 spiro atoms. The van der Waals surface area contributed by atoms with Crippen molar-refractivity contribution in [1.82, 2.24) is 0 Å². The van der Waals surface area contributed by atoms with Gasteiger partial charge in [-0.05, 0) is 24.9 Å². The molecule has 8 nitrogen and oxygen atoms in total. The van der Waals surface area contributed by atoms with Crippen molar-refractivity contribution in [3.05, 3.63) is 40.3 Å². The molecular weight excluding hydrogens is 338 g/mol. The minimum Gasteiger partial charge on any atom is -0.367 e. The Morgan fingerprint density at radius 3 is 2.73 bits per heavy atom. The first kappa shape index (κ1) is 18.7. The number of methoxy groups -OCH3 is 1. The van der Waals surface area contributed by atoms with Crippen molar-refractivity contribution in [3.8, 4) is 12.3 Å². The van der Waals surface area contributed by atoms with Crippen LogP contribution in [0.2, 0.25) is 0 Å². The molecule has 2 fully saturated rings. The second kappa shape index (κ2) is 7.64. The topological polar surface area (TPSA) is 94.9 Å². The van der Waals surface area contributed by atoms with Crippen molar-refractivity contribution in [2.24, 2.45) is 5.11 Å². The molecule has 2 saturated heterocycles. The molecule has 0 N–H and O–H groups in total. The van der Waals surface area contributed by atoms with Crippen molar-refractivity contribution < 1.29 is 23.7 Å². The van der Waals surface area contributed by atoms with E-state index in [1.165, 1.54) is 7.11 Å². The first-order valence-corrected chi connectivity index (χ1v) is 8.23. The summed E-state index contributed by atoms with van der Waals surface area (Å²) in [6.45, 7) is 3.82. The SMILES string of the molecule is C#C[C@H]1O[C@H](OC)[C@H]2OC(C)(C)O[C@H]2[C@@H]1OCc1ccccc1N=[N+]=[N-]. The van der Waals surface area contributed by atoms with E-state index in [0.29, 0.717) is 5.69 Å². The monoisotopic (exact) mass is 359 g/mol. The van der Waals surface area contributed by atoms with E-state index >= 15 is 0 Å². The highest BCUT2D eigenvalue weighted by atomic mass is 16.8. The average molecular weight is 359 g/mol. The third kappa shape index (κ3) is 3.69. The van der Waals surface area contributed by atoms with Crippen molar-refractivity contribution in [3.63, 3.8) is 0 Å². The summed E-state index contributed by atoms with van der Waals surface area (Å²) in [5.41, 5.74) is 9.94. The summed E-state index contributed by atoms with van der Waals surface area (Å²) in [5, 5.41) is 3.68. The van der Waals surface area contributed by atoms with Gasteiger partial charge >= 0.3 is 0 Å². The number of fused-ring (bicyclic) bond motifs is 1. The molecule has 1 aromatic carbocycles. The first-order valence-electron chi connectivity index (χ1n) is 8.23. The van der Waals surface area contributed by atoms with Crippen LogP contribution in [0.15, 0.2) is 29.4 Å². The molecule has 2 aliphatic rings. The summed E-state index contributed by atoms with van der Waals surface area (Å²) in [7, 11) is 1.53. The lowest BCUT2D eigenvalue weighted by atomic mass is 9.99. The molecule has 8 heteroatoms. The highest BCUT2D eigenvalue weighted by Gasteiger charge is 2.55. The Bertz CT molecular complexity index is 741. The summed E-state index contributed by atoms with van der Waals surface area (Å²) in [6.07, 6.45) is 2.86. The number of azide groups is 1. The van der Waals surface area contributed by atoms with Gasteiger partial charge in [0.05, 0.1) is 6.61 Å². The molecule has 0 amide bonds. The third-order valence-electron chi connectivity index (χ3n) is 4.31. The van der Waals surface area contributed by atoms with Crippen LogP contribution in [-0.4, -0.2) is 43.6 Å². The fourth-order valence-electron chi connectivity index (χ4n) is 3.22. The molecule has 0 unspecified atom stereocenters. The zero-order valence-corrected chi connectivity index (χ0v) is 14.9. The minimum atomic E-state index is -0.802. The van der Waals surface area contributed by atoms with Crippen LogP contribution in [0.3, 0.4) is 0 Å². The Morgan fingerprint density at radius 2 is 2.04 bits per heavy atom. The molecule has 138 valence electrons. The Balaban J connectivity index is 1.81. The molecule has 26 heavy (non-hydrogen) atoms. The molecule has 0 aliphatic carbocycles. The third-order valence-corrected chi connectivity index (χ3v) is 4.31. The minimum absolute atomic E-state index is 0.187. The Kier molecular flexibility index (Phi) is 5.49. The van der Waals surface area contributed by atoms with Crippen molar-refractivity contribution in [1.29, 1.82) is 0 Å². The quantitative estimate of drug-likeness (QED) is 0.348. The largest absolute Gasteiger partial charge is 0.367 e. The fraction of sp³-hybridized carbons (Fsp3) is 0.556. The van der Waals surface area contributed by atoms with E-state index in [-0.39, 0.29) is 6.61 Å². The van der Waals surface area contributed by atoms with Gasteiger partial charge in [0.2, 0.25) is 0 Å². The van der Waals surface area contributed by atoms with E-state index in [9.17, 15) is 0 Å². The molecular formula is C18H21N3O5. The predicted molar refractivity (Wildman–Crippen MR) is 92.2 cm³/mol. The van der Waals surface area contributed by atoms with Crippen LogP contribution < -0.4 is 0 Å².